The molecule has 1 heterocycles. The van der Waals surface area contributed by atoms with Crippen molar-refractivity contribution in [1.29, 1.82) is 0 Å². The van der Waals surface area contributed by atoms with Gasteiger partial charge in [0.05, 0.1) is 17.9 Å². The number of ether oxygens (including phenoxy) is 1. The number of nitrogens with zero attached hydrogens (tertiary/aromatic N) is 2. The Bertz CT molecular complexity index is 613. The molecule has 112 valence electrons. The van der Waals surface area contributed by atoms with Gasteiger partial charge in [-0.25, -0.2) is 4.98 Å². The van der Waals surface area contributed by atoms with E-state index in [0.29, 0.717) is 23.5 Å². The van der Waals surface area contributed by atoms with E-state index in [-0.39, 0.29) is 5.75 Å². The third kappa shape index (κ3) is 4.49. The van der Waals surface area contributed by atoms with Crippen molar-refractivity contribution in [2.45, 2.75) is 19.0 Å². The Kier molecular flexibility index (Phi) is 5.21. The summed E-state index contributed by atoms with van der Waals surface area (Å²) in [6.07, 6.45) is 0. The zero-order valence-electron chi connectivity index (χ0n) is 11.9. The summed E-state index contributed by atoms with van der Waals surface area (Å²) >= 11 is 1.07. The Morgan fingerprint density at radius 1 is 1.43 bits per heavy atom. The van der Waals surface area contributed by atoms with Crippen molar-refractivity contribution in [2.75, 3.05) is 12.4 Å². The van der Waals surface area contributed by atoms with Crippen molar-refractivity contribution in [3.05, 3.63) is 24.3 Å². The van der Waals surface area contributed by atoms with Crippen molar-refractivity contribution in [1.82, 2.24) is 15.2 Å². The number of carboxylic acid groups (broad SMARTS) is 1. The van der Waals surface area contributed by atoms with Crippen molar-refractivity contribution in [3.63, 3.8) is 0 Å². The number of aromatic nitrogens is 3. The molecule has 0 bridgehead atoms. The van der Waals surface area contributed by atoms with Crippen molar-refractivity contribution in [3.8, 4) is 17.1 Å². The molecule has 7 heteroatoms. The maximum atomic E-state index is 10.5. The summed E-state index contributed by atoms with van der Waals surface area (Å²) in [6.45, 7) is 4.78. The van der Waals surface area contributed by atoms with E-state index >= 15 is 0 Å². The molecule has 0 aliphatic heterocycles. The normalized spacial score (nSPS) is 10.8. The molecule has 0 saturated heterocycles. The van der Waals surface area contributed by atoms with Gasteiger partial charge < -0.3 is 9.84 Å². The molecular formula is C14H17N3O3S. The zero-order chi connectivity index (χ0) is 15.2. The SMILES string of the molecule is CC(C)COc1ccccc1-c1nc(SCC(=O)O)n[nH]1. The summed E-state index contributed by atoms with van der Waals surface area (Å²) in [4.78, 5) is 14.8. The molecule has 6 nitrogen and oxygen atoms in total. The smallest absolute Gasteiger partial charge is 0.313 e. The standard InChI is InChI=1S/C14H17N3O3S/c1-9(2)7-20-11-6-4-3-5-10(11)13-15-14(17-16-13)21-8-12(18)19/h3-6,9H,7-8H2,1-2H3,(H,18,19)(H,15,16,17). The predicted octanol–water partition coefficient (Wildman–Crippen LogP) is 2.68. The highest BCUT2D eigenvalue weighted by Gasteiger charge is 2.12. The molecule has 0 amide bonds. The lowest BCUT2D eigenvalue weighted by molar-refractivity contribution is -0.133. The summed E-state index contributed by atoms with van der Waals surface area (Å²) < 4.78 is 5.77. The lowest BCUT2D eigenvalue weighted by Gasteiger charge is -2.11. The van der Waals surface area contributed by atoms with Gasteiger partial charge in [0, 0.05) is 0 Å². The van der Waals surface area contributed by atoms with Gasteiger partial charge in [-0.15, -0.1) is 5.10 Å². The maximum Gasteiger partial charge on any atom is 0.313 e. The Morgan fingerprint density at radius 3 is 2.90 bits per heavy atom. The van der Waals surface area contributed by atoms with Gasteiger partial charge in [0.15, 0.2) is 5.82 Å². The van der Waals surface area contributed by atoms with Gasteiger partial charge in [-0.3, -0.25) is 9.89 Å². The van der Waals surface area contributed by atoms with Gasteiger partial charge in [-0.1, -0.05) is 37.7 Å². The third-order valence-electron chi connectivity index (χ3n) is 2.50. The van der Waals surface area contributed by atoms with E-state index in [0.717, 1.165) is 23.1 Å². The summed E-state index contributed by atoms with van der Waals surface area (Å²) in [6, 6.07) is 7.56. The van der Waals surface area contributed by atoms with Crippen LogP contribution in [0.5, 0.6) is 5.75 Å². The van der Waals surface area contributed by atoms with Crippen molar-refractivity contribution < 1.29 is 14.6 Å². The highest BCUT2D eigenvalue weighted by molar-refractivity contribution is 7.99. The van der Waals surface area contributed by atoms with E-state index in [4.69, 9.17) is 9.84 Å². The molecule has 0 atom stereocenters. The fraction of sp³-hybridized carbons (Fsp3) is 0.357. The van der Waals surface area contributed by atoms with Crippen LogP contribution in [-0.2, 0) is 4.79 Å². The van der Waals surface area contributed by atoms with E-state index in [1.54, 1.807) is 0 Å². The van der Waals surface area contributed by atoms with E-state index in [2.05, 4.69) is 29.0 Å². The summed E-state index contributed by atoms with van der Waals surface area (Å²) in [5.41, 5.74) is 0.813. The number of para-hydroxylation sites is 1. The van der Waals surface area contributed by atoms with Crippen LogP contribution in [0, 0.1) is 5.92 Å². The van der Waals surface area contributed by atoms with Gasteiger partial charge >= 0.3 is 5.97 Å². The highest BCUT2D eigenvalue weighted by atomic mass is 32.2. The molecule has 0 fully saturated rings. The van der Waals surface area contributed by atoms with Crippen LogP contribution in [0.15, 0.2) is 29.4 Å². The van der Waals surface area contributed by atoms with Gasteiger partial charge in [0.2, 0.25) is 5.16 Å². The van der Waals surface area contributed by atoms with Gasteiger partial charge in [0.1, 0.15) is 5.75 Å². The fourth-order valence-corrected chi connectivity index (χ4v) is 2.12. The van der Waals surface area contributed by atoms with E-state index in [1.807, 2.05) is 24.3 Å². The lowest BCUT2D eigenvalue weighted by atomic mass is 10.2. The number of aliphatic carboxylic acids is 1. The minimum Gasteiger partial charge on any atom is -0.493 e. The first-order chi connectivity index (χ1) is 10.1. The average Bonchev–Trinajstić information content (AvgIpc) is 2.92. The van der Waals surface area contributed by atoms with Crippen LogP contribution in [0.2, 0.25) is 0 Å². The summed E-state index contributed by atoms with van der Waals surface area (Å²) in [5, 5.41) is 15.9. The molecule has 0 saturated carbocycles. The quantitative estimate of drug-likeness (QED) is 0.765. The van der Waals surface area contributed by atoms with Crippen LogP contribution in [0.25, 0.3) is 11.4 Å². The monoisotopic (exact) mass is 307 g/mol. The third-order valence-corrected chi connectivity index (χ3v) is 3.34. The molecular weight excluding hydrogens is 290 g/mol. The van der Waals surface area contributed by atoms with E-state index < -0.39 is 5.97 Å². The Labute approximate surface area is 126 Å². The predicted molar refractivity (Wildman–Crippen MR) is 80.5 cm³/mol. The van der Waals surface area contributed by atoms with Crippen molar-refractivity contribution in [2.24, 2.45) is 5.92 Å². The molecule has 2 aromatic rings. The van der Waals surface area contributed by atoms with Gasteiger partial charge in [-0.05, 0) is 18.1 Å². The fourth-order valence-electron chi connectivity index (χ4n) is 1.60. The van der Waals surface area contributed by atoms with Crippen LogP contribution in [0.1, 0.15) is 13.8 Å². The molecule has 1 aromatic heterocycles. The second-order valence-corrected chi connectivity index (χ2v) is 5.79. The number of carbonyl (C=O) groups is 1. The summed E-state index contributed by atoms with van der Waals surface area (Å²) in [5.74, 6) is 0.767. The number of aromatic amines is 1. The van der Waals surface area contributed by atoms with Crippen LogP contribution in [-0.4, -0.2) is 38.6 Å². The molecule has 0 radical (unpaired) electrons. The number of H-pyrrole nitrogens is 1. The minimum absolute atomic E-state index is 0.0667. The second kappa shape index (κ2) is 7.12. The topological polar surface area (TPSA) is 88.1 Å². The largest absolute Gasteiger partial charge is 0.493 e. The van der Waals surface area contributed by atoms with Crippen molar-refractivity contribution >= 4 is 17.7 Å². The zero-order valence-corrected chi connectivity index (χ0v) is 12.7. The molecule has 2 N–H and O–H groups in total. The van der Waals surface area contributed by atoms with E-state index in [1.165, 1.54) is 0 Å². The first-order valence-corrected chi connectivity index (χ1v) is 7.54. The van der Waals surface area contributed by atoms with Crippen LogP contribution in [0.4, 0.5) is 0 Å². The molecule has 1 aromatic carbocycles. The summed E-state index contributed by atoms with van der Waals surface area (Å²) in [7, 11) is 0. The number of rotatable bonds is 7. The maximum absolute atomic E-state index is 10.5. The van der Waals surface area contributed by atoms with Crippen LogP contribution in [0.3, 0.4) is 0 Å². The number of thioether (sulfide) groups is 1. The molecule has 21 heavy (non-hydrogen) atoms. The molecule has 0 unspecified atom stereocenters. The number of benzene rings is 1. The lowest BCUT2D eigenvalue weighted by Crippen LogP contribution is -2.05. The number of nitrogens with one attached hydrogen (secondary N) is 1. The first kappa shape index (κ1) is 15.4. The number of hydrogen-bond donors (Lipinski definition) is 2. The molecule has 0 aliphatic rings. The second-order valence-electron chi connectivity index (χ2n) is 4.85. The molecule has 0 spiro atoms. The first-order valence-electron chi connectivity index (χ1n) is 6.55. The average molecular weight is 307 g/mol. The highest BCUT2D eigenvalue weighted by Crippen LogP contribution is 2.28. The number of carboxylic acids is 1. The molecule has 2 rings (SSSR count). The van der Waals surface area contributed by atoms with E-state index in [9.17, 15) is 4.79 Å². The number of hydrogen-bond acceptors (Lipinski definition) is 5. The Morgan fingerprint density at radius 2 is 2.19 bits per heavy atom. The van der Waals surface area contributed by atoms with Gasteiger partial charge in [0.25, 0.3) is 0 Å². The Balaban J connectivity index is 2.15. The van der Waals surface area contributed by atoms with Crippen LogP contribution < -0.4 is 4.74 Å². The van der Waals surface area contributed by atoms with Gasteiger partial charge in [-0.2, -0.15) is 0 Å². The Hall–Kier alpha value is -2.02. The van der Waals surface area contributed by atoms with Crippen LogP contribution >= 0.6 is 11.8 Å². The molecule has 0 aliphatic carbocycles. The minimum atomic E-state index is -0.896.